The molecule has 0 amide bonds. The van der Waals surface area contributed by atoms with Crippen molar-refractivity contribution in [1.29, 1.82) is 0 Å². The molecule has 0 radical (unpaired) electrons. The highest BCUT2D eigenvalue weighted by molar-refractivity contribution is 5.87. The van der Waals surface area contributed by atoms with Gasteiger partial charge in [-0.05, 0) is 52.8 Å². The minimum atomic E-state index is -0.890. The zero-order valence-electron chi connectivity index (χ0n) is 12.8. The van der Waals surface area contributed by atoms with Gasteiger partial charge in [0, 0.05) is 18.3 Å². The van der Waals surface area contributed by atoms with E-state index in [0.717, 1.165) is 12.1 Å². The number of hydrogen-bond donors (Lipinski definition) is 1. The Morgan fingerprint density at radius 3 is 2.45 bits per heavy atom. The Hall–Kier alpha value is -2.55. The van der Waals surface area contributed by atoms with Gasteiger partial charge in [-0.3, -0.25) is 0 Å². The molecule has 3 rings (SSSR count). The van der Waals surface area contributed by atoms with Crippen molar-refractivity contribution in [3.8, 4) is 0 Å². The summed E-state index contributed by atoms with van der Waals surface area (Å²) in [6.45, 7) is 5.13. The molecule has 0 unspecified atom stereocenters. The molecule has 1 aromatic heterocycles. The van der Waals surface area contributed by atoms with Gasteiger partial charge in [-0.15, -0.1) is 0 Å². The highest BCUT2D eigenvalue weighted by Crippen LogP contribution is 2.23. The van der Waals surface area contributed by atoms with Crippen LogP contribution in [0.4, 0.5) is 0 Å². The van der Waals surface area contributed by atoms with Crippen LogP contribution in [-0.2, 0) is 6.54 Å². The first-order valence-electron chi connectivity index (χ1n) is 7.45. The molecule has 0 aliphatic carbocycles. The molecule has 22 heavy (non-hydrogen) atoms. The first-order valence-corrected chi connectivity index (χ1v) is 7.45. The lowest BCUT2D eigenvalue weighted by Gasteiger charge is -2.08. The number of carbonyl (C=O) groups is 1. The molecule has 0 bridgehead atoms. The maximum atomic E-state index is 10.9. The lowest BCUT2D eigenvalue weighted by atomic mass is 10.0. The minimum absolute atomic E-state index is 0.322. The van der Waals surface area contributed by atoms with E-state index in [1.165, 1.54) is 16.5 Å². The second kappa shape index (κ2) is 5.68. The van der Waals surface area contributed by atoms with Crippen molar-refractivity contribution >= 4 is 16.9 Å². The van der Waals surface area contributed by atoms with Gasteiger partial charge in [0.2, 0.25) is 0 Å². The summed E-state index contributed by atoms with van der Waals surface area (Å²) in [6.07, 6.45) is 2.08. The molecule has 0 saturated carbocycles. The van der Waals surface area contributed by atoms with E-state index in [1.54, 1.807) is 12.1 Å². The second-order valence-corrected chi connectivity index (χ2v) is 5.92. The third kappa shape index (κ3) is 2.75. The Morgan fingerprint density at radius 1 is 1.09 bits per heavy atom. The van der Waals surface area contributed by atoms with E-state index in [0.29, 0.717) is 11.5 Å². The zero-order chi connectivity index (χ0) is 15.7. The van der Waals surface area contributed by atoms with E-state index < -0.39 is 5.97 Å². The van der Waals surface area contributed by atoms with E-state index in [-0.39, 0.29) is 0 Å². The number of aromatic nitrogens is 1. The third-order valence-electron chi connectivity index (χ3n) is 4.02. The molecule has 0 spiro atoms. The zero-order valence-corrected chi connectivity index (χ0v) is 12.8. The largest absolute Gasteiger partial charge is 0.478 e. The summed E-state index contributed by atoms with van der Waals surface area (Å²) in [5.41, 5.74) is 3.96. The van der Waals surface area contributed by atoms with Crippen LogP contribution in [0.2, 0.25) is 0 Å². The summed E-state index contributed by atoms with van der Waals surface area (Å²) >= 11 is 0. The van der Waals surface area contributed by atoms with Crippen LogP contribution in [0.25, 0.3) is 10.9 Å². The smallest absolute Gasteiger partial charge is 0.335 e. The number of benzene rings is 2. The summed E-state index contributed by atoms with van der Waals surface area (Å²) in [4.78, 5) is 10.9. The molecule has 0 aliphatic rings. The molecule has 3 aromatic rings. The Bertz CT molecular complexity index is 813. The number of aromatic carboxylic acids is 1. The molecule has 3 heteroatoms. The molecule has 3 nitrogen and oxygen atoms in total. The van der Waals surface area contributed by atoms with Gasteiger partial charge in [0.25, 0.3) is 0 Å². The van der Waals surface area contributed by atoms with Crippen molar-refractivity contribution in [2.24, 2.45) is 0 Å². The number of carboxylic acid groups (broad SMARTS) is 1. The fourth-order valence-corrected chi connectivity index (χ4v) is 2.67. The average molecular weight is 293 g/mol. The van der Waals surface area contributed by atoms with Gasteiger partial charge in [0.15, 0.2) is 0 Å². The Labute approximate surface area is 129 Å². The molecule has 0 fully saturated rings. The predicted octanol–water partition coefficient (Wildman–Crippen LogP) is 4.51. The normalized spacial score (nSPS) is 11.2. The second-order valence-electron chi connectivity index (χ2n) is 5.92. The lowest BCUT2D eigenvalue weighted by molar-refractivity contribution is 0.0697. The van der Waals surface area contributed by atoms with Crippen LogP contribution in [0, 0.1) is 0 Å². The summed E-state index contributed by atoms with van der Waals surface area (Å²) < 4.78 is 2.19. The van der Waals surface area contributed by atoms with Crippen LogP contribution in [-0.4, -0.2) is 15.6 Å². The number of carboxylic acids is 1. The molecule has 1 heterocycles. The van der Waals surface area contributed by atoms with Crippen LogP contribution in [0.1, 0.15) is 41.3 Å². The van der Waals surface area contributed by atoms with Gasteiger partial charge >= 0.3 is 5.97 Å². The minimum Gasteiger partial charge on any atom is -0.478 e. The number of nitrogens with zero attached hydrogens (tertiary/aromatic N) is 1. The molecule has 0 atom stereocenters. The molecule has 0 saturated heterocycles. The SMILES string of the molecule is CC(C)c1ccc2c(ccn2Cc2ccc(C(=O)O)cc2)c1. The van der Waals surface area contributed by atoms with Gasteiger partial charge in [-0.25, -0.2) is 4.79 Å². The molecular weight excluding hydrogens is 274 g/mol. The standard InChI is InChI=1S/C19H19NO2/c1-13(2)16-7-8-18-17(11-16)9-10-20(18)12-14-3-5-15(6-4-14)19(21)22/h3-11,13H,12H2,1-2H3,(H,21,22). The van der Waals surface area contributed by atoms with E-state index in [1.807, 2.05) is 12.1 Å². The van der Waals surface area contributed by atoms with E-state index in [9.17, 15) is 4.79 Å². The van der Waals surface area contributed by atoms with Crippen LogP contribution >= 0.6 is 0 Å². The van der Waals surface area contributed by atoms with E-state index in [4.69, 9.17) is 5.11 Å². The van der Waals surface area contributed by atoms with Crippen molar-refractivity contribution in [3.05, 3.63) is 71.4 Å². The summed E-state index contributed by atoms with van der Waals surface area (Å²) in [5.74, 6) is -0.365. The first kappa shape index (κ1) is 14.4. The van der Waals surface area contributed by atoms with Gasteiger partial charge in [-0.2, -0.15) is 0 Å². The van der Waals surface area contributed by atoms with E-state index in [2.05, 4.69) is 48.9 Å². The average Bonchev–Trinajstić information content (AvgIpc) is 2.90. The monoisotopic (exact) mass is 293 g/mol. The van der Waals surface area contributed by atoms with Crippen molar-refractivity contribution in [2.75, 3.05) is 0 Å². The van der Waals surface area contributed by atoms with Crippen molar-refractivity contribution in [1.82, 2.24) is 4.57 Å². The van der Waals surface area contributed by atoms with Crippen LogP contribution < -0.4 is 0 Å². The maximum absolute atomic E-state index is 10.9. The highest BCUT2D eigenvalue weighted by Gasteiger charge is 2.06. The van der Waals surface area contributed by atoms with Gasteiger partial charge in [0.1, 0.15) is 0 Å². The lowest BCUT2D eigenvalue weighted by Crippen LogP contribution is -2.00. The molecular formula is C19H19NO2. The molecule has 1 N–H and O–H groups in total. The van der Waals surface area contributed by atoms with Crippen LogP contribution in [0.15, 0.2) is 54.7 Å². The predicted molar refractivity (Wildman–Crippen MR) is 88.5 cm³/mol. The van der Waals surface area contributed by atoms with Crippen LogP contribution in [0.5, 0.6) is 0 Å². The van der Waals surface area contributed by atoms with Gasteiger partial charge in [0.05, 0.1) is 5.56 Å². The van der Waals surface area contributed by atoms with E-state index >= 15 is 0 Å². The number of rotatable bonds is 4. The third-order valence-corrected chi connectivity index (χ3v) is 4.02. The molecule has 112 valence electrons. The Morgan fingerprint density at radius 2 is 1.82 bits per heavy atom. The van der Waals surface area contributed by atoms with Gasteiger partial charge < -0.3 is 9.67 Å². The maximum Gasteiger partial charge on any atom is 0.335 e. The molecule has 0 aliphatic heterocycles. The van der Waals surface area contributed by atoms with Gasteiger partial charge in [-0.1, -0.05) is 32.0 Å². The molecule has 2 aromatic carbocycles. The summed E-state index contributed by atoms with van der Waals surface area (Å²) in [6, 6.07) is 15.8. The Kier molecular flexibility index (Phi) is 3.72. The topological polar surface area (TPSA) is 42.2 Å². The van der Waals surface area contributed by atoms with Crippen LogP contribution in [0.3, 0.4) is 0 Å². The van der Waals surface area contributed by atoms with Crippen molar-refractivity contribution in [3.63, 3.8) is 0 Å². The van der Waals surface area contributed by atoms with Crippen molar-refractivity contribution < 1.29 is 9.90 Å². The van der Waals surface area contributed by atoms with Crippen molar-refractivity contribution in [2.45, 2.75) is 26.3 Å². The highest BCUT2D eigenvalue weighted by atomic mass is 16.4. The summed E-state index contributed by atoms with van der Waals surface area (Å²) in [7, 11) is 0. The number of hydrogen-bond acceptors (Lipinski definition) is 1. The summed E-state index contributed by atoms with van der Waals surface area (Å²) in [5, 5.41) is 10.2. The Balaban J connectivity index is 1.89. The first-order chi connectivity index (χ1) is 10.5. The number of fused-ring (bicyclic) bond motifs is 1. The quantitative estimate of drug-likeness (QED) is 0.769. The fourth-order valence-electron chi connectivity index (χ4n) is 2.67. The fraction of sp³-hybridized carbons (Fsp3) is 0.211.